The number of ether oxygens (including phenoxy) is 3. The van der Waals surface area contributed by atoms with Gasteiger partial charge in [-0.25, -0.2) is 0 Å². The summed E-state index contributed by atoms with van der Waals surface area (Å²) in [6, 6.07) is 7.66. The lowest BCUT2D eigenvalue weighted by atomic mass is 9.94. The highest BCUT2D eigenvalue weighted by Gasteiger charge is 2.34. The van der Waals surface area contributed by atoms with Gasteiger partial charge in [0, 0.05) is 26.1 Å². The van der Waals surface area contributed by atoms with Crippen LogP contribution in [0.25, 0.3) is 0 Å². The molecule has 1 saturated heterocycles. The average molecular weight is 321 g/mol. The van der Waals surface area contributed by atoms with Crippen LogP contribution < -0.4 is 9.47 Å². The van der Waals surface area contributed by atoms with Crippen molar-refractivity contribution in [3.8, 4) is 11.5 Å². The number of carbonyl (C=O) groups is 1. The fourth-order valence-electron chi connectivity index (χ4n) is 3.13. The topological polar surface area (TPSA) is 68.2 Å². The van der Waals surface area contributed by atoms with Gasteiger partial charge in [-0.3, -0.25) is 4.79 Å². The largest absolute Gasteiger partial charge is 0.486 e. The van der Waals surface area contributed by atoms with Crippen LogP contribution in [0.3, 0.4) is 0 Å². The molecule has 1 aromatic carbocycles. The maximum Gasteiger partial charge on any atom is 0.312 e. The molecular formula is C17H23NO5. The molecule has 1 aromatic rings. The molecule has 0 spiro atoms. The summed E-state index contributed by atoms with van der Waals surface area (Å²) in [7, 11) is 1.36. The summed E-state index contributed by atoms with van der Waals surface area (Å²) in [6.07, 6.45) is 0.802. The Labute approximate surface area is 135 Å². The molecule has 3 atom stereocenters. The molecule has 6 nitrogen and oxygen atoms in total. The van der Waals surface area contributed by atoms with Gasteiger partial charge < -0.3 is 24.2 Å². The molecule has 6 heteroatoms. The van der Waals surface area contributed by atoms with Crippen molar-refractivity contribution < 1.29 is 24.1 Å². The summed E-state index contributed by atoms with van der Waals surface area (Å²) < 4.78 is 16.4. The maximum atomic E-state index is 11.7. The van der Waals surface area contributed by atoms with Crippen LogP contribution in [0.1, 0.15) is 12.8 Å². The van der Waals surface area contributed by atoms with Gasteiger partial charge >= 0.3 is 5.97 Å². The molecule has 1 fully saturated rings. The van der Waals surface area contributed by atoms with Gasteiger partial charge in [-0.2, -0.15) is 0 Å². The summed E-state index contributed by atoms with van der Waals surface area (Å²) in [5.74, 6) is 0.771. The number of carbonyl (C=O) groups excluding carboxylic acids is 1. The average Bonchev–Trinajstić information content (AvgIpc) is 2.60. The Kier molecular flexibility index (Phi) is 5.03. The molecule has 2 aliphatic rings. The lowest BCUT2D eigenvalue weighted by Crippen LogP contribution is -2.48. The smallest absolute Gasteiger partial charge is 0.312 e. The van der Waals surface area contributed by atoms with E-state index in [1.165, 1.54) is 7.11 Å². The van der Waals surface area contributed by atoms with Crippen molar-refractivity contribution in [2.24, 2.45) is 5.92 Å². The summed E-state index contributed by atoms with van der Waals surface area (Å²) in [5.41, 5.74) is 0. The van der Waals surface area contributed by atoms with Gasteiger partial charge in [-0.15, -0.1) is 0 Å². The van der Waals surface area contributed by atoms with Crippen LogP contribution in [0.15, 0.2) is 24.3 Å². The zero-order valence-electron chi connectivity index (χ0n) is 13.3. The van der Waals surface area contributed by atoms with Gasteiger partial charge in [-0.05, 0) is 18.6 Å². The summed E-state index contributed by atoms with van der Waals surface area (Å²) in [6.45, 7) is 2.64. The first-order valence-corrected chi connectivity index (χ1v) is 8.04. The predicted molar refractivity (Wildman–Crippen MR) is 83.5 cm³/mol. The van der Waals surface area contributed by atoms with E-state index in [1.807, 2.05) is 24.3 Å². The second kappa shape index (κ2) is 7.19. The molecule has 126 valence electrons. The Balaban J connectivity index is 1.50. The van der Waals surface area contributed by atoms with Gasteiger partial charge in [0.2, 0.25) is 0 Å². The van der Waals surface area contributed by atoms with E-state index in [4.69, 9.17) is 14.2 Å². The molecule has 23 heavy (non-hydrogen) atoms. The molecule has 1 unspecified atom stereocenters. The highest BCUT2D eigenvalue weighted by Crippen LogP contribution is 2.31. The lowest BCUT2D eigenvalue weighted by molar-refractivity contribution is -0.152. The summed E-state index contributed by atoms with van der Waals surface area (Å²) in [5, 5.41) is 9.94. The second-order valence-corrected chi connectivity index (χ2v) is 6.07. The molecule has 2 aliphatic heterocycles. The molecule has 0 aliphatic carbocycles. The molecule has 2 heterocycles. The number of hydrogen-bond donors (Lipinski definition) is 1. The highest BCUT2D eigenvalue weighted by molar-refractivity contribution is 5.73. The van der Waals surface area contributed by atoms with Crippen LogP contribution in [0, 0.1) is 5.92 Å². The maximum absolute atomic E-state index is 11.7. The number of benzene rings is 1. The Morgan fingerprint density at radius 1 is 1.39 bits per heavy atom. The van der Waals surface area contributed by atoms with E-state index in [1.54, 1.807) is 0 Å². The lowest BCUT2D eigenvalue weighted by Gasteiger charge is -2.35. The molecular weight excluding hydrogens is 298 g/mol. The van der Waals surface area contributed by atoms with Gasteiger partial charge in [0.25, 0.3) is 0 Å². The Bertz CT molecular complexity index is 550. The first kappa shape index (κ1) is 16.1. The third-order valence-electron chi connectivity index (χ3n) is 4.50. The van der Waals surface area contributed by atoms with E-state index in [2.05, 4.69) is 4.90 Å². The Morgan fingerprint density at radius 3 is 2.96 bits per heavy atom. The van der Waals surface area contributed by atoms with Crippen LogP contribution in [-0.4, -0.2) is 61.5 Å². The van der Waals surface area contributed by atoms with Crippen molar-refractivity contribution in [3.63, 3.8) is 0 Å². The van der Waals surface area contributed by atoms with E-state index in [0.29, 0.717) is 19.6 Å². The number of nitrogens with zero attached hydrogens (tertiary/aromatic N) is 1. The molecule has 3 rings (SSSR count). The minimum atomic E-state index is -0.611. The first-order valence-electron chi connectivity index (χ1n) is 8.04. The quantitative estimate of drug-likeness (QED) is 0.837. The van der Waals surface area contributed by atoms with E-state index in [0.717, 1.165) is 31.0 Å². The van der Waals surface area contributed by atoms with Crippen molar-refractivity contribution in [1.29, 1.82) is 0 Å². The van der Waals surface area contributed by atoms with Crippen molar-refractivity contribution in [3.05, 3.63) is 24.3 Å². The third kappa shape index (κ3) is 3.76. The van der Waals surface area contributed by atoms with Crippen molar-refractivity contribution >= 4 is 5.97 Å². The number of esters is 1. The first-order chi connectivity index (χ1) is 11.2. The zero-order chi connectivity index (χ0) is 16.2. The normalized spacial score (nSPS) is 27.5. The van der Waals surface area contributed by atoms with Crippen LogP contribution >= 0.6 is 0 Å². The standard InChI is InChI=1S/C17H23NO5/c1-21-17(20)13-10-18(9-7-14(13)19)8-6-12-11-22-15-4-2-3-5-16(15)23-12/h2-5,12-14,19H,6-11H2,1H3/t12?,13-,14+/m0/s1. The molecule has 0 bridgehead atoms. The fraction of sp³-hybridized carbons (Fsp3) is 0.588. The molecule has 0 saturated carbocycles. The fourth-order valence-corrected chi connectivity index (χ4v) is 3.13. The summed E-state index contributed by atoms with van der Waals surface area (Å²) >= 11 is 0. The molecule has 1 N–H and O–H groups in total. The number of methoxy groups -OCH3 is 1. The summed E-state index contributed by atoms with van der Waals surface area (Å²) in [4.78, 5) is 13.9. The zero-order valence-corrected chi connectivity index (χ0v) is 13.3. The number of aliphatic hydroxyl groups is 1. The van der Waals surface area contributed by atoms with E-state index in [9.17, 15) is 9.90 Å². The number of piperidine rings is 1. The highest BCUT2D eigenvalue weighted by atomic mass is 16.6. The number of hydrogen-bond acceptors (Lipinski definition) is 6. The number of fused-ring (bicyclic) bond motifs is 1. The third-order valence-corrected chi connectivity index (χ3v) is 4.50. The number of para-hydroxylation sites is 2. The minimum Gasteiger partial charge on any atom is -0.486 e. The van der Waals surface area contributed by atoms with Crippen molar-refractivity contribution in [2.45, 2.75) is 25.0 Å². The van der Waals surface area contributed by atoms with Gasteiger partial charge in [0.1, 0.15) is 12.7 Å². The van der Waals surface area contributed by atoms with E-state index >= 15 is 0 Å². The van der Waals surface area contributed by atoms with Crippen LogP contribution in [-0.2, 0) is 9.53 Å². The minimum absolute atomic E-state index is 0.00771. The number of aliphatic hydroxyl groups excluding tert-OH is 1. The SMILES string of the molecule is COC(=O)[C@H]1CN(CCC2COc3ccccc3O2)CC[C@H]1O. The van der Waals surface area contributed by atoms with E-state index in [-0.39, 0.29) is 12.1 Å². The van der Waals surface area contributed by atoms with Crippen LogP contribution in [0.5, 0.6) is 11.5 Å². The van der Waals surface area contributed by atoms with Crippen LogP contribution in [0.4, 0.5) is 0 Å². The van der Waals surface area contributed by atoms with Gasteiger partial charge in [0.05, 0.1) is 19.1 Å². The van der Waals surface area contributed by atoms with E-state index < -0.39 is 12.0 Å². The Hall–Kier alpha value is -1.79. The monoisotopic (exact) mass is 321 g/mol. The van der Waals surface area contributed by atoms with Crippen molar-refractivity contribution in [1.82, 2.24) is 4.90 Å². The van der Waals surface area contributed by atoms with Crippen LogP contribution in [0.2, 0.25) is 0 Å². The molecule has 0 radical (unpaired) electrons. The predicted octanol–water partition coefficient (Wildman–Crippen LogP) is 1.07. The van der Waals surface area contributed by atoms with Gasteiger partial charge in [-0.1, -0.05) is 12.1 Å². The number of rotatable bonds is 4. The number of likely N-dealkylation sites (tertiary alicyclic amines) is 1. The van der Waals surface area contributed by atoms with Crippen molar-refractivity contribution in [2.75, 3.05) is 33.4 Å². The molecule has 0 amide bonds. The van der Waals surface area contributed by atoms with Gasteiger partial charge in [0.15, 0.2) is 11.5 Å². The molecule has 0 aromatic heterocycles. The Morgan fingerprint density at radius 2 is 2.17 bits per heavy atom. The second-order valence-electron chi connectivity index (χ2n) is 6.07.